The summed E-state index contributed by atoms with van der Waals surface area (Å²) in [4.78, 5) is 38.6. The van der Waals surface area contributed by atoms with Crippen molar-refractivity contribution in [1.82, 2.24) is 15.5 Å². The first-order valence-electron chi connectivity index (χ1n) is 10.7. The monoisotopic (exact) mass is 423 g/mol. The van der Waals surface area contributed by atoms with E-state index in [1.807, 2.05) is 42.2 Å². The Morgan fingerprint density at radius 3 is 2.32 bits per heavy atom. The maximum Gasteiger partial charge on any atom is 0.251 e. The first kappa shape index (κ1) is 22.3. The van der Waals surface area contributed by atoms with Crippen LogP contribution in [0.1, 0.15) is 35.7 Å². The number of ether oxygens (including phenoxy) is 1. The van der Waals surface area contributed by atoms with Crippen LogP contribution in [0.15, 0.2) is 54.6 Å². The number of amides is 3. The maximum absolute atomic E-state index is 12.6. The molecule has 2 aromatic rings. The first-order valence-corrected chi connectivity index (χ1v) is 10.7. The number of carbonyl (C=O) groups is 3. The maximum atomic E-state index is 12.6. The molecule has 0 aliphatic carbocycles. The van der Waals surface area contributed by atoms with Crippen molar-refractivity contribution in [2.45, 2.75) is 32.2 Å². The van der Waals surface area contributed by atoms with E-state index in [0.717, 1.165) is 11.3 Å². The van der Waals surface area contributed by atoms with Crippen molar-refractivity contribution in [3.05, 3.63) is 65.7 Å². The third-order valence-electron chi connectivity index (χ3n) is 5.25. The standard InChI is InChI=1S/C24H29N3O4/c1-2-31-21-10-8-18(9-11-21)16-23(29)27-14-12-20(13-15-27)26-22(28)17-25-24(30)19-6-4-3-5-7-19/h3-11,20H,2,12-17H2,1H3,(H,25,30)(H,26,28). The third-order valence-corrected chi connectivity index (χ3v) is 5.25. The largest absolute Gasteiger partial charge is 0.494 e. The Morgan fingerprint density at radius 2 is 1.68 bits per heavy atom. The number of nitrogens with zero attached hydrogens (tertiary/aromatic N) is 1. The number of rotatable bonds is 8. The van der Waals surface area contributed by atoms with E-state index in [9.17, 15) is 14.4 Å². The van der Waals surface area contributed by atoms with Crippen LogP contribution in [0, 0.1) is 0 Å². The van der Waals surface area contributed by atoms with Gasteiger partial charge in [-0.2, -0.15) is 0 Å². The Morgan fingerprint density at radius 1 is 1.00 bits per heavy atom. The van der Waals surface area contributed by atoms with E-state index in [1.165, 1.54) is 0 Å². The molecule has 1 aliphatic heterocycles. The highest BCUT2D eigenvalue weighted by atomic mass is 16.5. The van der Waals surface area contributed by atoms with Gasteiger partial charge in [0.1, 0.15) is 5.75 Å². The number of hydrogen-bond acceptors (Lipinski definition) is 4. The molecule has 1 saturated heterocycles. The Hall–Kier alpha value is -3.35. The molecule has 3 rings (SSSR count). The van der Waals surface area contributed by atoms with Crippen LogP contribution in [-0.4, -0.2) is 54.9 Å². The van der Waals surface area contributed by atoms with Crippen molar-refractivity contribution in [3.8, 4) is 5.75 Å². The lowest BCUT2D eigenvalue weighted by molar-refractivity contribution is -0.131. The number of benzene rings is 2. The molecule has 0 bridgehead atoms. The number of nitrogens with one attached hydrogen (secondary N) is 2. The molecule has 1 fully saturated rings. The fraction of sp³-hybridized carbons (Fsp3) is 0.375. The van der Waals surface area contributed by atoms with Crippen LogP contribution >= 0.6 is 0 Å². The first-order chi connectivity index (χ1) is 15.0. The van der Waals surface area contributed by atoms with Crippen LogP contribution in [0.3, 0.4) is 0 Å². The number of likely N-dealkylation sites (tertiary alicyclic amines) is 1. The molecule has 0 saturated carbocycles. The van der Waals surface area contributed by atoms with Gasteiger partial charge in [-0.1, -0.05) is 30.3 Å². The predicted octanol–water partition coefficient (Wildman–Crippen LogP) is 2.16. The summed E-state index contributed by atoms with van der Waals surface area (Å²) in [5, 5.41) is 5.58. The van der Waals surface area contributed by atoms with E-state index < -0.39 is 0 Å². The van der Waals surface area contributed by atoms with Gasteiger partial charge in [-0.3, -0.25) is 14.4 Å². The molecule has 2 aromatic carbocycles. The summed E-state index contributed by atoms with van der Waals surface area (Å²) in [5.74, 6) is 0.396. The fourth-order valence-corrected chi connectivity index (χ4v) is 3.56. The van der Waals surface area contributed by atoms with Gasteiger partial charge in [-0.15, -0.1) is 0 Å². The molecule has 3 amide bonds. The number of piperidine rings is 1. The van der Waals surface area contributed by atoms with E-state index in [-0.39, 0.29) is 30.3 Å². The zero-order chi connectivity index (χ0) is 22.1. The molecule has 0 aromatic heterocycles. The average molecular weight is 424 g/mol. The van der Waals surface area contributed by atoms with Gasteiger partial charge in [0.05, 0.1) is 19.6 Å². The van der Waals surface area contributed by atoms with E-state index >= 15 is 0 Å². The highest BCUT2D eigenvalue weighted by Gasteiger charge is 2.24. The lowest BCUT2D eigenvalue weighted by Crippen LogP contribution is -2.49. The van der Waals surface area contributed by atoms with Crippen molar-refractivity contribution < 1.29 is 19.1 Å². The van der Waals surface area contributed by atoms with Crippen molar-refractivity contribution in [3.63, 3.8) is 0 Å². The molecular formula is C24H29N3O4. The van der Waals surface area contributed by atoms with Crippen LogP contribution in [0.4, 0.5) is 0 Å². The van der Waals surface area contributed by atoms with Crippen molar-refractivity contribution >= 4 is 17.7 Å². The molecule has 7 heteroatoms. The van der Waals surface area contributed by atoms with Gasteiger partial charge in [0.15, 0.2) is 0 Å². The molecule has 1 heterocycles. The molecular weight excluding hydrogens is 394 g/mol. The van der Waals surface area contributed by atoms with E-state index in [2.05, 4.69) is 10.6 Å². The second kappa shape index (κ2) is 11.2. The summed E-state index contributed by atoms with van der Waals surface area (Å²) >= 11 is 0. The lowest BCUT2D eigenvalue weighted by Gasteiger charge is -2.32. The smallest absolute Gasteiger partial charge is 0.251 e. The van der Waals surface area contributed by atoms with Crippen LogP contribution in [-0.2, 0) is 16.0 Å². The van der Waals surface area contributed by atoms with E-state index in [0.29, 0.717) is 44.5 Å². The van der Waals surface area contributed by atoms with Crippen molar-refractivity contribution in [1.29, 1.82) is 0 Å². The zero-order valence-corrected chi connectivity index (χ0v) is 17.8. The van der Waals surface area contributed by atoms with Crippen molar-refractivity contribution in [2.24, 2.45) is 0 Å². The average Bonchev–Trinajstić information content (AvgIpc) is 2.80. The normalized spacial score (nSPS) is 14.0. The summed E-state index contributed by atoms with van der Waals surface area (Å²) in [5.41, 5.74) is 1.48. The quantitative estimate of drug-likeness (QED) is 0.681. The summed E-state index contributed by atoms with van der Waals surface area (Å²) < 4.78 is 5.43. The minimum Gasteiger partial charge on any atom is -0.494 e. The minimum absolute atomic E-state index is 0.00986. The van der Waals surface area contributed by atoms with Gasteiger partial charge < -0.3 is 20.3 Å². The van der Waals surface area contributed by atoms with Gasteiger partial charge in [0.2, 0.25) is 11.8 Å². The molecule has 0 radical (unpaired) electrons. The Kier molecular flexibility index (Phi) is 8.04. The molecule has 7 nitrogen and oxygen atoms in total. The zero-order valence-electron chi connectivity index (χ0n) is 17.8. The molecule has 1 aliphatic rings. The molecule has 164 valence electrons. The fourth-order valence-electron chi connectivity index (χ4n) is 3.56. The molecule has 0 unspecified atom stereocenters. The lowest BCUT2D eigenvalue weighted by atomic mass is 10.0. The highest BCUT2D eigenvalue weighted by molar-refractivity contribution is 5.96. The van der Waals surface area contributed by atoms with Crippen LogP contribution in [0.2, 0.25) is 0 Å². The van der Waals surface area contributed by atoms with Crippen LogP contribution in [0.5, 0.6) is 5.75 Å². The second-order valence-corrected chi connectivity index (χ2v) is 7.53. The minimum atomic E-state index is -0.273. The number of carbonyl (C=O) groups excluding carboxylic acids is 3. The summed E-state index contributed by atoms with van der Waals surface area (Å²) in [6.07, 6.45) is 1.76. The molecule has 31 heavy (non-hydrogen) atoms. The van der Waals surface area contributed by atoms with Gasteiger partial charge in [-0.05, 0) is 49.6 Å². The van der Waals surface area contributed by atoms with E-state index in [4.69, 9.17) is 4.74 Å². The van der Waals surface area contributed by atoms with Crippen LogP contribution < -0.4 is 15.4 Å². The van der Waals surface area contributed by atoms with Crippen molar-refractivity contribution in [2.75, 3.05) is 26.2 Å². The SMILES string of the molecule is CCOc1ccc(CC(=O)N2CCC(NC(=O)CNC(=O)c3ccccc3)CC2)cc1. The molecule has 0 atom stereocenters. The molecule has 0 spiro atoms. The Labute approximate surface area is 182 Å². The topological polar surface area (TPSA) is 87.7 Å². The summed E-state index contributed by atoms with van der Waals surface area (Å²) in [6, 6.07) is 16.4. The highest BCUT2D eigenvalue weighted by Crippen LogP contribution is 2.15. The second-order valence-electron chi connectivity index (χ2n) is 7.53. The number of hydrogen-bond donors (Lipinski definition) is 2. The van der Waals surface area contributed by atoms with E-state index in [1.54, 1.807) is 24.3 Å². The van der Waals surface area contributed by atoms with Gasteiger partial charge in [0.25, 0.3) is 5.91 Å². The Bertz CT molecular complexity index is 875. The Balaban J connectivity index is 1.37. The third kappa shape index (κ3) is 6.84. The van der Waals surface area contributed by atoms with Gasteiger partial charge >= 0.3 is 0 Å². The van der Waals surface area contributed by atoms with Gasteiger partial charge in [-0.25, -0.2) is 0 Å². The summed E-state index contributed by atoms with van der Waals surface area (Å²) in [6.45, 7) is 3.70. The summed E-state index contributed by atoms with van der Waals surface area (Å²) in [7, 11) is 0. The van der Waals surface area contributed by atoms with Gasteiger partial charge in [0, 0.05) is 24.7 Å². The predicted molar refractivity (Wildman–Crippen MR) is 118 cm³/mol. The molecule has 2 N–H and O–H groups in total. The van der Waals surface area contributed by atoms with Crippen LogP contribution in [0.25, 0.3) is 0 Å².